The first kappa shape index (κ1) is 14.0. The molecule has 1 fully saturated rings. The van der Waals surface area contributed by atoms with Crippen molar-refractivity contribution in [3.8, 4) is 0 Å². The van der Waals surface area contributed by atoms with E-state index in [0.717, 1.165) is 22.9 Å². The number of aromatic amines is 1. The summed E-state index contributed by atoms with van der Waals surface area (Å²) >= 11 is 3.42. The Hall–Kier alpha value is -1.95. The monoisotopic (exact) mass is 347 g/mol. The molecule has 0 radical (unpaired) electrons. The van der Waals surface area contributed by atoms with E-state index in [-0.39, 0.29) is 23.2 Å². The highest BCUT2D eigenvalue weighted by molar-refractivity contribution is 9.10. The molecule has 1 atom stereocenters. The van der Waals surface area contributed by atoms with Crippen molar-refractivity contribution >= 4 is 21.8 Å². The minimum absolute atomic E-state index is 0.0688. The van der Waals surface area contributed by atoms with Gasteiger partial charge < -0.3 is 4.90 Å². The van der Waals surface area contributed by atoms with E-state index < -0.39 is 0 Å². The van der Waals surface area contributed by atoms with Crippen molar-refractivity contribution < 1.29 is 4.79 Å². The van der Waals surface area contributed by atoms with Crippen LogP contribution >= 0.6 is 15.9 Å². The van der Waals surface area contributed by atoms with Crippen LogP contribution in [0.5, 0.6) is 0 Å². The van der Waals surface area contributed by atoms with E-state index in [4.69, 9.17) is 0 Å². The SMILES string of the molecule is O=C(c1ccc(=O)[nH]n1)N1CCCC1c1ccc(Br)cc1. The van der Waals surface area contributed by atoms with Crippen molar-refractivity contribution in [1.29, 1.82) is 0 Å². The Labute approximate surface area is 130 Å². The lowest BCUT2D eigenvalue weighted by atomic mass is 10.0. The van der Waals surface area contributed by atoms with Gasteiger partial charge in [-0.2, -0.15) is 5.10 Å². The summed E-state index contributed by atoms with van der Waals surface area (Å²) in [5.74, 6) is -0.142. The summed E-state index contributed by atoms with van der Waals surface area (Å²) in [6.07, 6.45) is 1.91. The number of H-pyrrole nitrogens is 1. The maximum absolute atomic E-state index is 12.5. The number of nitrogens with zero attached hydrogens (tertiary/aromatic N) is 2. The van der Waals surface area contributed by atoms with Crippen molar-refractivity contribution in [2.24, 2.45) is 0 Å². The number of halogens is 1. The number of hydrogen-bond donors (Lipinski definition) is 1. The normalized spacial score (nSPS) is 18.0. The number of carbonyl (C=O) groups excluding carboxylic acids is 1. The van der Waals surface area contributed by atoms with Crippen LogP contribution in [0.4, 0.5) is 0 Å². The predicted octanol–water partition coefficient (Wildman–Crippen LogP) is 2.51. The number of rotatable bonds is 2. The van der Waals surface area contributed by atoms with E-state index in [9.17, 15) is 9.59 Å². The van der Waals surface area contributed by atoms with E-state index in [1.807, 2.05) is 29.2 Å². The van der Waals surface area contributed by atoms with Crippen molar-refractivity contribution in [1.82, 2.24) is 15.1 Å². The molecule has 21 heavy (non-hydrogen) atoms. The number of likely N-dealkylation sites (tertiary alicyclic amines) is 1. The van der Waals surface area contributed by atoms with Gasteiger partial charge in [0.1, 0.15) is 5.69 Å². The molecule has 1 N–H and O–H groups in total. The molecule has 1 aromatic heterocycles. The van der Waals surface area contributed by atoms with Gasteiger partial charge in [-0.1, -0.05) is 28.1 Å². The Kier molecular flexibility index (Phi) is 3.88. The van der Waals surface area contributed by atoms with Crippen LogP contribution < -0.4 is 5.56 Å². The van der Waals surface area contributed by atoms with Crippen LogP contribution in [-0.4, -0.2) is 27.5 Å². The quantitative estimate of drug-likeness (QED) is 0.907. The Bertz CT molecular complexity index is 691. The summed E-state index contributed by atoms with van der Waals surface area (Å²) in [7, 11) is 0. The van der Waals surface area contributed by atoms with Crippen molar-refractivity contribution in [3.63, 3.8) is 0 Å². The second-order valence-electron chi connectivity index (χ2n) is 5.01. The van der Waals surface area contributed by atoms with Gasteiger partial charge in [-0.25, -0.2) is 5.10 Å². The van der Waals surface area contributed by atoms with Crippen LogP contribution in [-0.2, 0) is 0 Å². The standard InChI is InChI=1S/C15H14BrN3O2/c16-11-5-3-10(4-6-11)13-2-1-9-19(13)15(21)12-7-8-14(20)18-17-12/h3-8,13H,1-2,9H2,(H,18,20). The van der Waals surface area contributed by atoms with Crippen molar-refractivity contribution in [3.05, 3.63) is 62.5 Å². The van der Waals surface area contributed by atoms with Crippen LogP contribution in [0.25, 0.3) is 0 Å². The lowest BCUT2D eigenvalue weighted by molar-refractivity contribution is 0.0728. The number of benzene rings is 1. The molecule has 1 amide bonds. The van der Waals surface area contributed by atoms with Crippen LogP contribution in [0.3, 0.4) is 0 Å². The molecular formula is C15H14BrN3O2. The van der Waals surface area contributed by atoms with Crippen molar-refractivity contribution in [2.75, 3.05) is 6.54 Å². The minimum atomic E-state index is -0.308. The molecule has 1 aliphatic rings. The van der Waals surface area contributed by atoms with Crippen LogP contribution in [0, 0.1) is 0 Å². The van der Waals surface area contributed by atoms with Gasteiger partial charge in [-0.15, -0.1) is 0 Å². The molecule has 1 aliphatic heterocycles. The first-order valence-corrected chi connectivity index (χ1v) is 7.56. The van der Waals surface area contributed by atoms with Crippen LogP contribution in [0.2, 0.25) is 0 Å². The number of aromatic nitrogens is 2. The molecule has 2 heterocycles. The van der Waals surface area contributed by atoms with Gasteiger partial charge >= 0.3 is 0 Å². The number of nitrogens with one attached hydrogen (secondary N) is 1. The van der Waals surface area contributed by atoms with Crippen molar-refractivity contribution in [2.45, 2.75) is 18.9 Å². The molecule has 1 aromatic carbocycles. The van der Waals surface area contributed by atoms with Gasteiger partial charge in [0, 0.05) is 17.1 Å². The summed E-state index contributed by atoms with van der Waals surface area (Å²) in [4.78, 5) is 25.4. The summed E-state index contributed by atoms with van der Waals surface area (Å²) in [5, 5.41) is 6.14. The fourth-order valence-electron chi connectivity index (χ4n) is 2.65. The maximum Gasteiger partial charge on any atom is 0.274 e. The topological polar surface area (TPSA) is 66.1 Å². The zero-order valence-corrected chi connectivity index (χ0v) is 12.8. The summed E-state index contributed by atoms with van der Waals surface area (Å²) < 4.78 is 1.02. The van der Waals surface area contributed by atoms with Gasteiger partial charge in [0.15, 0.2) is 0 Å². The molecule has 0 bridgehead atoms. The molecule has 108 valence electrons. The summed E-state index contributed by atoms with van der Waals surface area (Å²) in [6, 6.07) is 10.9. The van der Waals surface area contributed by atoms with Gasteiger partial charge in [0.25, 0.3) is 11.5 Å². The molecule has 1 saturated heterocycles. The first-order valence-electron chi connectivity index (χ1n) is 6.77. The molecule has 5 nitrogen and oxygen atoms in total. The molecule has 2 aromatic rings. The summed E-state index contributed by atoms with van der Waals surface area (Å²) in [5.41, 5.74) is 1.09. The van der Waals surface area contributed by atoms with Gasteiger partial charge in [0.2, 0.25) is 0 Å². The smallest absolute Gasteiger partial charge is 0.274 e. The molecule has 1 unspecified atom stereocenters. The van der Waals surface area contributed by atoms with Crippen LogP contribution in [0.1, 0.15) is 34.9 Å². The Morgan fingerprint density at radius 3 is 2.67 bits per heavy atom. The lowest BCUT2D eigenvalue weighted by Crippen LogP contribution is -2.31. The largest absolute Gasteiger partial charge is 0.330 e. The number of amides is 1. The zero-order chi connectivity index (χ0) is 14.8. The second kappa shape index (κ2) is 5.81. The predicted molar refractivity (Wildman–Crippen MR) is 82.0 cm³/mol. The maximum atomic E-state index is 12.5. The fourth-order valence-corrected chi connectivity index (χ4v) is 2.92. The number of hydrogen-bond acceptors (Lipinski definition) is 3. The highest BCUT2D eigenvalue weighted by atomic mass is 79.9. The minimum Gasteiger partial charge on any atom is -0.330 e. The van der Waals surface area contributed by atoms with E-state index in [1.165, 1.54) is 12.1 Å². The molecule has 0 saturated carbocycles. The molecule has 0 spiro atoms. The van der Waals surface area contributed by atoms with E-state index in [0.29, 0.717) is 6.54 Å². The lowest BCUT2D eigenvalue weighted by Gasteiger charge is -2.24. The zero-order valence-electron chi connectivity index (χ0n) is 11.3. The molecule has 3 rings (SSSR count). The molecule has 0 aliphatic carbocycles. The van der Waals surface area contributed by atoms with E-state index in [2.05, 4.69) is 26.1 Å². The van der Waals surface area contributed by atoms with E-state index in [1.54, 1.807) is 0 Å². The Morgan fingerprint density at radius 2 is 2.00 bits per heavy atom. The third kappa shape index (κ3) is 2.90. The van der Waals surface area contributed by atoms with Gasteiger partial charge in [-0.05, 0) is 36.6 Å². The summed E-state index contributed by atoms with van der Waals surface area (Å²) in [6.45, 7) is 0.709. The molecule has 6 heteroatoms. The fraction of sp³-hybridized carbons (Fsp3) is 0.267. The Morgan fingerprint density at radius 1 is 1.24 bits per heavy atom. The first-order chi connectivity index (χ1) is 10.1. The van der Waals surface area contributed by atoms with E-state index >= 15 is 0 Å². The highest BCUT2D eigenvalue weighted by Gasteiger charge is 2.31. The average Bonchev–Trinajstić information content (AvgIpc) is 2.97. The number of carbonyl (C=O) groups is 1. The average molecular weight is 348 g/mol. The third-order valence-electron chi connectivity index (χ3n) is 3.67. The Balaban J connectivity index is 1.86. The highest BCUT2D eigenvalue weighted by Crippen LogP contribution is 2.33. The molecular weight excluding hydrogens is 334 g/mol. The third-order valence-corrected chi connectivity index (χ3v) is 4.20. The second-order valence-corrected chi connectivity index (χ2v) is 5.93. The van der Waals surface area contributed by atoms with Crippen LogP contribution in [0.15, 0.2) is 45.7 Å². The van der Waals surface area contributed by atoms with Gasteiger partial charge in [-0.3, -0.25) is 9.59 Å². The van der Waals surface area contributed by atoms with Gasteiger partial charge in [0.05, 0.1) is 6.04 Å².